The highest BCUT2D eigenvalue weighted by molar-refractivity contribution is 8.15. The van der Waals surface area contributed by atoms with Crippen molar-refractivity contribution in [2.45, 2.75) is 11.7 Å². The number of benzene rings is 1. The molecule has 2 aliphatic heterocycles. The fraction of sp³-hybridized carbons (Fsp3) is 0.333. The summed E-state index contributed by atoms with van der Waals surface area (Å²) >= 11 is 1.32. The van der Waals surface area contributed by atoms with E-state index in [9.17, 15) is 14.4 Å². The van der Waals surface area contributed by atoms with E-state index in [-0.39, 0.29) is 23.8 Å². The molecule has 23 heavy (non-hydrogen) atoms. The molecule has 120 valence electrons. The van der Waals surface area contributed by atoms with E-state index in [2.05, 4.69) is 15.0 Å². The first kappa shape index (κ1) is 15.5. The fourth-order valence-electron chi connectivity index (χ4n) is 2.46. The lowest BCUT2D eigenvalue weighted by atomic mass is 10.1. The van der Waals surface area contributed by atoms with Crippen molar-refractivity contribution in [3.05, 3.63) is 29.8 Å². The number of rotatable bonds is 4. The zero-order valence-corrected chi connectivity index (χ0v) is 13.3. The largest absolute Gasteiger partial charge is 0.465 e. The molecule has 0 radical (unpaired) electrons. The molecule has 8 heteroatoms. The Morgan fingerprint density at radius 1 is 1.43 bits per heavy atom. The Hall–Kier alpha value is -2.35. The highest BCUT2D eigenvalue weighted by Crippen LogP contribution is 2.31. The van der Waals surface area contributed by atoms with Crippen LogP contribution in [0.4, 0.5) is 5.69 Å². The van der Waals surface area contributed by atoms with Gasteiger partial charge in [0.05, 0.1) is 24.9 Å². The van der Waals surface area contributed by atoms with Crippen LogP contribution >= 0.6 is 11.8 Å². The van der Waals surface area contributed by atoms with Crippen molar-refractivity contribution in [3.63, 3.8) is 0 Å². The number of amides is 2. The number of amidine groups is 1. The molecule has 1 atom stereocenters. The molecule has 3 rings (SSSR count). The summed E-state index contributed by atoms with van der Waals surface area (Å²) in [6.07, 6.45) is 0.0362. The van der Waals surface area contributed by atoms with Crippen LogP contribution in [0.1, 0.15) is 16.8 Å². The van der Waals surface area contributed by atoms with Gasteiger partial charge in [-0.3, -0.25) is 19.5 Å². The molecule has 7 nitrogen and oxygen atoms in total. The third-order valence-electron chi connectivity index (χ3n) is 3.57. The summed E-state index contributed by atoms with van der Waals surface area (Å²) in [5.41, 5.74) is 0.649. The van der Waals surface area contributed by atoms with Crippen LogP contribution in [0.2, 0.25) is 0 Å². The first-order chi connectivity index (χ1) is 11.1. The zero-order chi connectivity index (χ0) is 16.4. The summed E-state index contributed by atoms with van der Waals surface area (Å²) in [6, 6.07) is 6.59. The van der Waals surface area contributed by atoms with Gasteiger partial charge in [0.15, 0.2) is 5.17 Å². The minimum Gasteiger partial charge on any atom is -0.465 e. The molecule has 0 saturated carbocycles. The first-order valence-electron chi connectivity index (χ1n) is 7.10. The van der Waals surface area contributed by atoms with E-state index in [1.165, 1.54) is 18.9 Å². The average Bonchev–Trinajstić information content (AvgIpc) is 3.11. The van der Waals surface area contributed by atoms with E-state index in [1.54, 1.807) is 29.2 Å². The number of anilines is 1. The summed E-state index contributed by atoms with van der Waals surface area (Å²) in [5, 5.41) is 2.91. The van der Waals surface area contributed by atoms with Gasteiger partial charge < -0.3 is 10.1 Å². The molecule has 1 fully saturated rings. The first-order valence-corrected chi connectivity index (χ1v) is 7.98. The predicted octanol–water partition coefficient (Wildman–Crippen LogP) is 1.12. The molecule has 1 aromatic rings. The van der Waals surface area contributed by atoms with Gasteiger partial charge in [0.1, 0.15) is 5.25 Å². The van der Waals surface area contributed by atoms with E-state index < -0.39 is 11.2 Å². The number of hydrogen-bond donors (Lipinski definition) is 1. The second kappa shape index (κ2) is 6.41. The quantitative estimate of drug-likeness (QED) is 0.834. The summed E-state index contributed by atoms with van der Waals surface area (Å²) in [5.74, 6) is -0.932. The maximum Gasteiger partial charge on any atom is 0.339 e. The molecule has 1 N–H and O–H groups in total. The summed E-state index contributed by atoms with van der Waals surface area (Å²) < 4.78 is 4.69. The number of carbonyl (C=O) groups excluding carboxylic acids is 3. The standard InChI is InChI=1S/C15H15N3O4S/c1-22-14(21)9-4-2-3-5-10(9)17-12(19)8-11-13(20)18-7-6-16-15(18)23-11/h2-5,11H,6-8H2,1H3,(H,17,19)/t11-/m0/s1. The highest BCUT2D eigenvalue weighted by atomic mass is 32.2. The summed E-state index contributed by atoms with van der Waals surface area (Å²) in [6.45, 7) is 1.21. The van der Waals surface area contributed by atoms with Gasteiger partial charge in [0, 0.05) is 13.0 Å². The van der Waals surface area contributed by atoms with Crippen LogP contribution in [0.25, 0.3) is 0 Å². The normalized spacial score (nSPS) is 19.3. The van der Waals surface area contributed by atoms with Crippen molar-refractivity contribution in [2.24, 2.45) is 4.99 Å². The maximum absolute atomic E-state index is 12.2. The van der Waals surface area contributed by atoms with Crippen molar-refractivity contribution in [1.29, 1.82) is 0 Å². The molecule has 0 aliphatic carbocycles. The molecular weight excluding hydrogens is 318 g/mol. The molecule has 0 bridgehead atoms. The molecule has 0 unspecified atom stereocenters. The number of carbonyl (C=O) groups is 3. The average molecular weight is 333 g/mol. The minimum absolute atomic E-state index is 0.0362. The molecule has 1 saturated heterocycles. The highest BCUT2D eigenvalue weighted by Gasteiger charge is 2.40. The molecule has 0 aromatic heterocycles. The molecule has 2 heterocycles. The van der Waals surface area contributed by atoms with E-state index in [0.717, 1.165) is 0 Å². The predicted molar refractivity (Wildman–Crippen MR) is 86.4 cm³/mol. The number of ether oxygens (including phenoxy) is 1. The van der Waals surface area contributed by atoms with Crippen molar-refractivity contribution in [2.75, 3.05) is 25.5 Å². The summed E-state index contributed by atoms with van der Waals surface area (Å²) in [4.78, 5) is 41.9. The zero-order valence-electron chi connectivity index (χ0n) is 12.4. The monoisotopic (exact) mass is 333 g/mol. The van der Waals surface area contributed by atoms with Crippen LogP contribution in [0.5, 0.6) is 0 Å². The lowest BCUT2D eigenvalue weighted by Gasteiger charge is -2.12. The second-order valence-electron chi connectivity index (χ2n) is 5.05. The Kier molecular flexibility index (Phi) is 4.33. The number of methoxy groups -OCH3 is 1. The number of nitrogens with zero attached hydrogens (tertiary/aromatic N) is 2. The third-order valence-corrected chi connectivity index (χ3v) is 4.78. The van der Waals surface area contributed by atoms with E-state index in [0.29, 0.717) is 23.9 Å². The number of hydrogen-bond acceptors (Lipinski definition) is 6. The van der Waals surface area contributed by atoms with Gasteiger partial charge in [-0.25, -0.2) is 4.79 Å². The maximum atomic E-state index is 12.2. The lowest BCUT2D eigenvalue weighted by Crippen LogP contribution is -2.32. The Morgan fingerprint density at radius 3 is 2.96 bits per heavy atom. The van der Waals surface area contributed by atoms with Crippen molar-refractivity contribution in [3.8, 4) is 0 Å². The second-order valence-corrected chi connectivity index (χ2v) is 6.22. The number of aliphatic imine (C=N–C) groups is 1. The number of esters is 1. The van der Waals surface area contributed by atoms with Crippen LogP contribution in [0.3, 0.4) is 0 Å². The van der Waals surface area contributed by atoms with Crippen LogP contribution in [-0.4, -0.2) is 53.3 Å². The fourth-order valence-corrected chi connectivity index (χ4v) is 3.65. The number of nitrogens with one attached hydrogen (secondary N) is 1. The topological polar surface area (TPSA) is 88.1 Å². The Bertz CT molecular complexity index is 704. The van der Waals surface area contributed by atoms with Crippen molar-refractivity contribution in [1.82, 2.24) is 4.90 Å². The van der Waals surface area contributed by atoms with Crippen LogP contribution < -0.4 is 5.32 Å². The van der Waals surface area contributed by atoms with Gasteiger partial charge in [0.25, 0.3) is 0 Å². The third kappa shape index (κ3) is 3.07. The van der Waals surface area contributed by atoms with E-state index >= 15 is 0 Å². The molecule has 0 spiro atoms. The lowest BCUT2D eigenvalue weighted by molar-refractivity contribution is -0.127. The van der Waals surface area contributed by atoms with Gasteiger partial charge in [-0.05, 0) is 12.1 Å². The Labute approximate surface area is 137 Å². The van der Waals surface area contributed by atoms with Gasteiger partial charge in [0.2, 0.25) is 11.8 Å². The number of para-hydroxylation sites is 1. The Balaban J connectivity index is 1.67. The Morgan fingerprint density at radius 2 is 2.22 bits per heavy atom. The molecule has 1 aromatic carbocycles. The molecule has 2 aliphatic rings. The van der Waals surface area contributed by atoms with E-state index in [1.807, 2.05) is 0 Å². The molecular formula is C15H15N3O4S. The summed E-state index contributed by atoms with van der Waals surface area (Å²) in [7, 11) is 1.28. The van der Waals surface area contributed by atoms with E-state index in [4.69, 9.17) is 0 Å². The van der Waals surface area contributed by atoms with Gasteiger partial charge in [-0.2, -0.15) is 0 Å². The smallest absolute Gasteiger partial charge is 0.339 e. The SMILES string of the molecule is COC(=O)c1ccccc1NC(=O)C[C@@H]1SC2=NCCN2C1=O. The van der Waals surface area contributed by atoms with Crippen LogP contribution in [0, 0.1) is 0 Å². The van der Waals surface area contributed by atoms with Gasteiger partial charge in [-0.1, -0.05) is 23.9 Å². The number of thioether (sulfide) groups is 1. The van der Waals surface area contributed by atoms with Gasteiger partial charge in [-0.15, -0.1) is 0 Å². The molecule has 2 amide bonds. The minimum atomic E-state index is -0.526. The van der Waals surface area contributed by atoms with Crippen LogP contribution in [0.15, 0.2) is 29.3 Å². The number of fused-ring (bicyclic) bond motifs is 1. The van der Waals surface area contributed by atoms with Crippen LogP contribution in [-0.2, 0) is 14.3 Å². The van der Waals surface area contributed by atoms with Crippen molar-refractivity contribution >= 4 is 40.4 Å². The van der Waals surface area contributed by atoms with Gasteiger partial charge >= 0.3 is 5.97 Å². The van der Waals surface area contributed by atoms with Crippen molar-refractivity contribution < 1.29 is 19.1 Å².